The van der Waals surface area contributed by atoms with Gasteiger partial charge in [-0.3, -0.25) is 25.3 Å². The molecule has 0 aromatic heterocycles. The van der Waals surface area contributed by atoms with Gasteiger partial charge in [-0.2, -0.15) is 0 Å². The Labute approximate surface area is 134 Å². The van der Waals surface area contributed by atoms with Crippen molar-refractivity contribution in [2.45, 2.75) is 19.9 Å². The molecular formula is C14H18N4O3S. The van der Waals surface area contributed by atoms with Gasteiger partial charge in [-0.1, -0.05) is 12.1 Å². The maximum atomic E-state index is 12.2. The predicted octanol–water partition coefficient (Wildman–Crippen LogP) is 0.316. The molecule has 0 fully saturated rings. The molecule has 1 aliphatic heterocycles. The lowest BCUT2D eigenvalue weighted by Gasteiger charge is -2.33. The molecule has 2 rings (SSSR count). The van der Waals surface area contributed by atoms with Crippen LogP contribution in [-0.4, -0.2) is 36.1 Å². The summed E-state index contributed by atoms with van der Waals surface area (Å²) in [5, 5.41) is 3.17. The fraction of sp³-hybridized carbons (Fsp3) is 0.357. The highest BCUT2D eigenvalue weighted by atomic mass is 32.1. The van der Waals surface area contributed by atoms with E-state index in [1.165, 1.54) is 4.90 Å². The average Bonchev–Trinajstić information content (AvgIpc) is 2.52. The van der Waals surface area contributed by atoms with E-state index in [1.54, 1.807) is 25.1 Å². The van der Waals surface area contributed by atoms with Crippen molar-refractivity contribution < 1.29 is 14.3 Å². The summed E-state index contributed by atoms with van der Waals surface area (Å²) in [6, 6.07) is 6.41. The van der Waals surface area contributed by atoms with E-state index in [-0.39, 0.29) is 18.4 Å². The Morgan fingerprint density at radius 2 is 2.14 bits per heavy atom. The van der Waals surface area contributed by atoms with E-state index in [9.17, 15) is 9.59 Å². The van der Waals surface area contributed by atoms with Gasteiger partial charge in [-0.15, -0.1) is 0 Å². The van der Waals surface area contributed by atoms with Gasteiger partial charge < -0.3 is 10.1 Å². The summed E-state index contributed by atoms with van der Waals surface area (Å²) in [7, 11) is 0. The quantitative estimate of drug-likeness (QED) is 0.549. The minimum atomic E-state index is -0.700. The number of benzene rings is 1. The Hall–Kier alpha value is -2.35. The molecule has 0 radical (unpaired) electrons. The minimum Gasteiger partial charge on any atom is -0.482 e. The van der Waals surface area contributed by atoms with Crippen molar-refractivity contribution in [2.75, 3.05) is 18.1 Å². The zero-order chi connectivity index (χ0) is 16.1. The first-order valence-electron chi connectivity index (χ1n) is 6.92. The number of thiocarbonyl (C=S) groups is 1. The van der Waals surface area contributed by atoms with Crippen molar-refractivity contribution in [3.05, 3.63) is 24.3 Å². The molecule has 1 unspecified atom stereocenters. The van der Waals surface area contributed by atoms with E-state index in [4.69, 9.17) is 17.0 Å². The minimum absolute atomic E-state index is 0.0855. The van der Waals surface area contributed by atoms with Crippen molar-refractivity contribution in [3.8, 4) is 5.75 Å². The fourth-order valence-electron chi connectivity index (χ4n) is 2.09. The lowest BCUT2D eigenvalue weighted by molar-refractivity contribution is -0.127. The Morgan fingerprint density at radius 3 is 2.86 bits per heavy atom. The number of carbonyl (C=O) groups is 2. The monoisotopic (exact) mass is 322 g/mol. The van der Waals surface area contributed by atoms with E-state index < -0.39 is 6.04 Å². The molecule has 1 heterocycles. The first kappa shape index (κ1) is 16.0. The van der Waals surface area contributed by atoms with Gasteiger partial charge in [0.05, 0.1) is 5.69 Å². The van der Waals surface area contributed by atoms with Crippen molar-refractivity contribution in [1.82, 2.24) is 16.2 Å². The number of fused-ring (bicyclic) bond motifs is 1. The summed E-state index contributed by atoms with van der Waals surface area (Å²) >= 11 is 4.96. The van der Waals surface area contributed by atoms with Crippen LogP contribution in [0.4, 0.5) is 5.69 Å². The molecule has 0 spiro atoms. The summed E-state index contributed by atoms with van der Waals surface area (Å²) in [5.74, 6) is -0.0567. The van der Waals surface area contributed by atoms with Crippen LogP contribution in [0, 0.1) is 0 Å². The second kappa shape index (κ2) is 7.08. The third-order valence-electron chi connectivity index (χ3n) is 3.15. The molecule has 0 aliphatic carbocycles. The molecule has 1 aromatic rings. The highest BCUT2D eigenvalue weighted by Crippen LogP contribution is 2.32. The number of para-hydroxylation sites is 2. The lowest BCUT2D eigenvalue weighted by Crippen LogP contribution is -2.56. The number of hydrazine groups is 1. The molecule has 1 atom stereocenters. The number of rotatable bonds is 3. The molecule has 118 valence electrons. The van der Waals surface area contributed by atoms with E-state index >= 15 is 0 Å². The molecule has 22 heavy (non-hydrogen) atoms. The number of nitrogens with one attached hydrogen (secondary N) is 3. The van der Waals surface area contributed by atoms with Crippen LogP contribution in [0.3, 0.4) is 0 Å². The van der Waals surface area contributed by atoms with E-state index in [0.717, 1.165) is 0 Å². The molecule has 0 saturated heterocycles. The number of anilines is 1. The average molecular weight is 322 g/mol. The molecule has 0 saturated carbocycles. The van der Waals surface area contributed by atoms with Crippen LogP contribution in [0.15, 0.2) is 24.3 Å². The van der Waals surface area contributed by atoms with Gasteiger partial charge in [-0.25, -0.2) is 0 Å². The molecule has 0 bridgehead atoms. The van der Waals surface area contributed by atoms with Gasteiger partial charge >= 0.3 is 0 Å². The Balaban J connectivity index is 2.08. The van der Waals surface area contributed by atoms with E-state index in [2.05, 4.69) is 16.2 Å². The topological polar surface area (TPSA) is 82.7 Å². The van der Waals surface area contributed by atoms with Crippen LogP contribution in [0.1, 0.15) is 13.8 Å². The SMILES string of the molecule is CCNC(=S)NNC(=O)C(C)N1C(=O)COc2ccccc21. The van der Waals surface area contributed by atoms with Crippen LogP contribution < -0.4 is 25.8 Å². The summed E-state index contributed by atoms with van der Waals surface area (Å²) in [6.45, 7) is 4.10. The number of carbonyl (C=O) groups excluding carboxylic acids is 2. The van der Waals surface area contributed by atoms with Crippen molar-refractivity contribution >= 4 is 34.8 Å². The van der Waals surface area contributed by atoms with Crippen molar-refractivity contribution in [2.24, 2.45) is 0 Å². The van der Waals surface area contributed by atoms with Crippen molar-refractivity contribution in [3.63, 3.8) is 0 Å². The highest BCUT2D eigenvalue weighted by molar-refractivity contribution is 7.80. The normalized spacial score (nSPS) is 14.5. The smallest absolute Gasteiger partial charge is 0.265 e. The molecule has 8 heteroatoms. The molecule has 7 nitrogen and oxygen atoms in total. The van der Waals surface area contributed by atoms with Gasteiger partial charge in [0, 0.05) is 6.54 Å². The van der Waals surface area contributed by atoms with Gasteiger partial charge in [0.1, 0.15) is 11.8 Å². The zero-order valence-electron chi connectivity index (χ0n) is 12.4. The number of nitrogens with zero attached hydrogens (tertiary/aromatic N) is 1. The van der Waals surface area contributed by atoms with Crippen LogP contribution in [0.5, 0.6) is 5.75 Å². The maximum absolute atomic E-state index is 12.2. The van der Waals surface area contributed by atoms with Crippen LogP contribution in [-0.2, 0) is 9.59 Å². The Morgan fingerprint density at radius 1 is 1.41 bits per heavy atom. The molecule has 1 aliphatic rings. The number of hydrogen-bond acceptors (Lipinski definition) is 4. The van der Waals surface area contributed by atoms with Crippen molar-refractivity contribution in [1.29, 1.82) is 0 Å². The largest absolute Gasteiger partial charge is 0.482 e. The third kappa shape index (κ3) is 3.45. The molecular weight excluding hydrogens is 304 g/mol. The number of hydrogen-bond donors (Lipinski definition) is 3. The highest BCUT2D eigenvalue weighted by Gasteiger charge is 2.32. The Kier molecular flexibility index (Phi) is 5.16. The molecule has 3 N–H and O–H groups in total. The fourth-order valence-corrected chi connectivity index (χ4v) is 2.29. The number of ether oxygens (including phenoxy) is 1. The standard InChI is InChI=1S/C14H18N4O3S/c1-3-15-14(22)17-16-13(20)9(2)18-10-6-4-5-7-11(10)21-8-12(18)19/h4-7,9H,3,8H2,1-2H3,(H,16,20)(H2,15,17,22). The first-order chi connectivity index (χ1) is 10.5. The zero-order valence-corrected chi connectivity index (χ0v) is 13.2. The van der Waals surface area contributed by atoms with Gasteiger partial charge in [0.15, 0.2) is 11.7 Å². The summed E-state index contributed by atoms with van der Waals surface area (Å²) in [5.41, 5.74) is 5.66. The van der Waals surface area contributed by atoms with Crippen LogP contribution in [0.2, 0.25) is 0 Å². The molecule has 2 amide bonds. The maximum Gasteiger partial charge on any atom is 0.265 e. The number of amides is 2. The third-order valence-corrected chi connectivity index (χ3v) is 3.39. The van der Waals surface area contributed by atoms with Gasteiger partial charge in [0.25, 0.3) is 11.8 Å². The van der Waals surface area contributed by atoms with Crippen LogP contribution >= 0.6 is 12.2 Å². The summed E-state index contributed by atoms with van der Waals surface area (Å²) < 4.78 is 5.36. The first-order valence-corrected chi connectivity index (χ1v) is 7.33. The van der Waals surface area contributed by atoms with E-state index in [0.29, 0.717) is 23.1 Å². The van der Waals surface area contributed by atoms with Gasteiger partial charge in [0.2, 0.25) is 0 Å². The predicted molar refractivity (Wildman–Crippen MR) is 86.4 cm³/mol. The Bertz CT molecular complexity index is 593. The summed E-state index contributed by atoms with van der Waals surface area (Å²) in [4.78, 5) is 25.7. The van der Waals surface area contributed by atoms with E-state index in [1.807, 2.05) is 13.0 Å². The lowest BCUT2D eigenvalue weighted by atomic mass is 10.1. The van der Waals surface area contributed by atoms with Gasteiger partial charge in [-0.05, 0) is 38.2 Å². The molecule has 1 aromatic carbocycles. The second-order valence-corrected chi connectivity index (χ2v) is 5.08. The second-order valence-electron chi connectivity index (χ2n) is 4.67. The van der Waals surface area contributed by atoms with Crippen LogP contribution in [0.25, 0.3) is 0 Å². The summed E-state index contributed by atoms with van der Waals surface area (Å²) in [6.07, 6.45) is 0.